The van der Waals surface area contributed by atoms with Crippen LogP contribution in [0.25, 0.3) is 11.1 Å². The second-order valence-electron chi connectivity index (χ2n) is 12.7. The summed E-state index contributed by atoms with van der Waals surface area (Å²) in [7, 11) is 0. The van der Waals surface area contributed by atoms with Crippen LogP contribution in [0, 0.1) is 17.2 Å². The predicted octanol–water partition coefficient (Wildman–Crippen LogP) is 6.50. The van der Waals surface area contributed by atoms with Crippen molar-refractivity contribution in [1.82, 2.24) is 5.32 Å². The highest BCUT2D eigenvalue weighted by Crippen LogP contribution is 2.37. The minimum absolute atomic E-state index is 0.221. The lowest BCUT2D eigenvalue weighted by Crippen LogP contribution is -2.44. The van der Waals surface area contributed by atoms with E-state index in [2.05, 4.69) is 25.2 Å². The molecule has 0 bridgehead atoms. The van der Waals surface area contributed by atoms with E-state index in [1.807, 2.05) is 72.8 Å². The second-order valence-corrected chi connectivity index (χ2v) is 12.7. The predicted molar refractivity (Wildman–Crippen MR) is 161 cm³/mol. The van der Waals surface area contributed by atoms with Crippen LogP contribution in [0.1, 0.15) is 89.2 Å². The van der Waals surface area contributed by atoms with Gasteiger partial charge in [-0.1, -0.05) is 80.6 Å². The largest absolute Gasteiger partial charge is 0.386 e. The molecule has 2 atom stereocenters. The lowest BCUT2D eigenvalue weighted by atomic mass is 9.83. The Morgan fingerprint density at radius 2 is 1.46 bits per heavy atom. The van der Waals surface area contributed by atoms with Gasteiger partial charge in [0.2, 0.25) is 5.91 Å². The fourth-order valence-electron chi connectivity index (χ4n) is 5.11. The van der Waals surface area contributed by atoms with E-state index in [1.54, 1.807) is 27.7 Å². The Morgan fingerprint density at radius 3 is 1.98 bits per heavy atom. The number of hydrogen-bond donors (Lipinski definition) is 3. The molecule has 6 nitrogen and oxygen atoms in total. The molecular formula is C35H42N2O4. The number of nitrogens with zero attached hydrogens (tertiary/aromatic N) is 1. The number of benzene rings is 3. The number of nitriles is 1. The van der Waals surface area contributed by atoms with Crippen LogP contribution in [0.2, 0.25) is 0 Å². The van der Waals surface area contributed by atoms with E-state index in [0.29, 0.717) is 30.4 Å². The number of carbonyl (C=O) groups is 1. The standard InChI is InChI=1S/C35H42N2O4/c1-23(2)20-30(32(38)37-35(22-36)18-19-35)41-31(25-10-8-7-9-11-25)26-14-12-24(13-15-26)27-16-17-28(33(3,4)39)29(21-27)34(5,6)40/h7-17,21,23,30-31,39-40H,18-20H2,1-6H3,(H,37,38)/t30-,31?/m0/s1. The zero-order valence-electron chi connectivity index (χ0n) is 24.9. The summed E-state index contributed by atoms with van der Waals surface area (Å²) < 4.78 is 6.59. The number of aliphatic hydroxyl groups is 2. The molecule has 3 aromatic carbocycles. The molecule has 4 rings (SSSR count). The van der Waals surface area contributed by atoms with Crippen molar-refractivity contribution in [2.45, 2.75) is 89.8 Å². The average Bonchev–Trinajstić information content (AvgIpc) is 3.70. The topological polar surface area (TPSA) is 103 Å². The first kappa shape index (κ1) is 30.5. The van der Waals surface area contributed by atoms with E-state index in [0.717, 1.165) is 22.3 Å². The van der Waals surface area contributed by atoms with Crippen molar-refractivity contribution in [2.24, 2.45) is 5.92 Å². The van der Waals surface area contributed by atoms with Crippen LogP contribution in [0.3, 0.4) is 0 Å². The Labute approximate surface area is 244 Å². The molecule has 0 aliphatic heterocycles. The Balaban J connectivity index is 1.67. The molecule has 1 aliphatic rings. The molecular weight excluding hydrogens is 512 g/mol. The minimum atomic E-state index is -1.13. The summed E-state index contributed by atoms with van der Waals surface area (Å²) >= 11 is 0. The molecule has 1 aliphatic carbocycles. The first-order chi connectivity index (χ1) is 19.2. The van der Waals surface area contributed by atoms with Crippen LogP contribution in [-0.2, 0) is 20.7 Å². The van der Waals surface area contributed by atoms with Gasteiger partial charge in [0.15, 0.2) is 0 Å². The van der Waals surface area contributed by atoms with Gasteiger partial charge in [-0.2, -0.15) is 5.26 Å². The van der Waals surface area contributed by atoms with Gasteiger partial charge >= 0.3 is 0 Å². The number of rotatable bonds is 11. The average molecular weight is 555 g/mol. The number of hydrogen-bond acceptors (Lipinski definition) is 5. The molecule has 0 heterocycles. The summed E-state index contributed by atoms with van der Waals surface area (Å²) in [4.78, 5) is 13.3. The van der Waals surface area contributed by atoms with Crippen molar-refractivity contribution in [3.63, 3.8) is 0 Å². The molecule has 6 heteroatoms. The smallest absolute Gasteiger partial charge is 0.250 e. The third kappa shape index (κ3) is 7.42. The van der Waals surface area contributed by atoms with Crippen molar-refractivity contribution in [1.29, 1.82) is 5.26 Å². The van der Waals surface area contributed by atoms with Crippen molar-refractivity contribution in [2.75, 3.05) is 0 Å². The lowest BCUT2D eigenvalue weighted by molar-refractivity contribution is -0.137. The quantitative estimate of drug-likeness (QED) is 0.251. The number of amides is 1. The van der Waals surface area contributed by atoms with E-state index < -0.39 is 28.9 Å². The minimum Gasteiger partial charge on any atom is -0.386 e. The molecule has 0 radical (unpaired) electrons. The van der Waals surface area contributed by atoms with Gasteiger partial charge in [0.05, 0.1) is 17.3 Å². The molecule has 1 unspecified atom stereocenters. The van der Waals surface area contributed by atoms with Gasteiger partial charge in [-0.15, -0.1) is 0 Å². The summed E-state index contributed by atoms with van der Waals surface area (Å²) in [6.45, 7) is 11.0. The van der Waals surface area contributed by atoms with Crippen LogP contribution in [0.5, 0.6) is 0 Å². The van der Waals surface area contributed by atoms with Gasteiger partial charge in [0.1, 0.15) is 17.7 Å². The SMILES string of the molecule is CC(C)C[C@H](OC(c1ccccc1)c1ccc(-c2ccc(C(C)(C)O)c(C(C)(C)O)c2)cc1)C(=O)NC1(C#N)CC1. The maximum Gasteiger partial charge on any atom is 0.250 e. The van der Waals surface area contributed by atoms with E-state index in [-0.39, 0.29) is 11.8 Å². The van der Waals surface area contributed by atoms with Crippen LogP contribution in [-0.4, -0.2) is 27.8 Å². The zero-order chi connectivity index (χ0) is 30.0. The number of nitrogens with one attached hydrogen (secondary N) is 1. The third-order valence-electron chi connectivity index (χ3n) is 7.59. The molecule has 1 saturated carbocycles. The summed E-state index contributed by atoms with van der Waals surface area (Å²) in [6, 6.07) is 25.9. The Kier molecular flexibility index (Phi) is 8.75. The Hall–Kier alpha value is -3.50. The van der Waals surface area contributed by atoms with Gasteiger partial charge in [-0.25, -0.2) is 0 Å². The van der Waals surface area contributed by atoms with Gasteiger partial charge in [0.25, 0.3) is 0 Å². The van der Waals surface area contributed by atoms with Crippen molar-refractivity contribution < 1.29 is 19.7 Å². The molecule has 1 fully saturated rings. The van der Waals surface area contributed by atoms with Gasteiger partial charge in [-0.3, -0.25) is 4.79 Å². The zero-order valence-corrected chi connectivity index (χ0v) is 24.9. The first-order valence-corrected chi connectivity index (χ1v) is 14.4. The summed E-state index contributed by atoms with van der Waals surface area (Å²) in [6.07, 6.45) is 0.663. The van der Waals surface area contributed by atoms with E-state index >= 15 is 0 Å². The van der Waals surface area contributed by atoms with Crippen LogP contribution < -0.4 is 5.32 Å². The molecule has 0 aromatic heterocycles. The highest BCUT2D eigenvalue weighted by molar-refractivity contribution is 5.82. The van der Waals surface area contributed by atoms with Crippen molar-refractivity contribution in [3.05, 3.63) is 95.1 Å². The molecule has 3 aromatic rings. The monoisotopic (exact) mass is 554 g/mol. The summed E-state index contributed by atoms with van der Waals surface area (Å²) in [5, 5.41) is 34.0. The van der Waals surface area contributed by atoms with Gasteiger partial charge in [0, 0.05) is 0 Å². The molecule has 41 heavy (non-hydrogen) atoms. The molecule has 3 N–H and O–H groups in total. The summed E-state index contributed by atoms with van der Waals surface area (Å²) in [5.41, 5.74) is 2.07. The van der Waals surface area contributed by atoms with Gasteiger partial charge < -0.3 is 20.3 Å². The fourth-order valence-corrected chi connectivity index (χ4v) is 5.11. The highest BCUT2D eigenvalue weighted by atomic mass is 16.5. The van der Waals surface area contributed by atoms with Crippen molar-refractivity contribution in [3.8, 4) is 17.2 Å². The second kappa shape index (κ2) is 11.8. The maximum atomic E-state index is 13.3. The summed E-state index contributed by atoms with van der Waals surface area (Å²) in [5.74, 6) is -0.0278. The Bertz CT molecular complexity index is 1390. The lowest BCUT2D eigenvalue weighted by Gasteiger charge is -2.29. The highest BCUT2D eigenvalue weighted by Gasteiger charge is 2.46. The normalized spacial score (nSPS) is 16.1. The van der Waals surface area contributed by atoms with Crippen LogP contribution in [0.15, 0.2) is 72.8 Å². The molecule has 0 spiro atoms. The van der Waals surface area contributed by atoms with Crippen LogP contribution in [0.4, 0.5) is 0 Å². The molecule has 1 amide bonds. The van der Waals surface area contributed by atoms with Crippen molar-refractivity contribution >= 4 is 5.91 Å². The van der Waals surface area contributed by atoms with E-state index in [9.17, 15) is 20.3 Å². The third-order valence-corrected chi connectivity index (χ3v) is 7.59. The Morgan fingerprint density at radius 1 is 0.902 bits per heavy atom. The fraction of sp³-hybridized carbons (Fsp3) is 0.429. The first-order valence-electron chi connectivity index (χ1n) is 14.4. The van der Waals surface area contributed by atoms with Crippen LogP contribution >= 0.6 is 0 Å². The van der Waals surface area contributed by atoms with Gasteiger partial charge in [-0.05, 0) is 92.3 Å². The van der Waals surface area contributed by atoms with E-state index in [1.165, 1.54) is 0 Å². The van der Waals surface area contributed by atoms with E-state index in [4.69, 9.17) is 4.74 Å². The maximum absolute atomic E-state index is 13.3. The molecule has 216 valence electrons. The number of ether oxygens (including phenoxy) is 1. The molecule has 0 saturated heterocycles. The number of carbonyl (C=O) groups excluding carboxylic acids is 1.